The molecule has 0 radical (unpaired) electrons. The van der Waals surface area contributed by atoms with Gasteiger partial charge in [0, 0.05) is 12.1 Å². The van der Waals surface area contributed by atoms with E-state index >= 15 is 0 Å². The fraction of sp³-hybridized carbons (Fsp3) is 1.00. The predicted octanol–water partition coefficient (Wildman–Crippen LogP) is 4.09. The molecule has 0 bridgehead atoms. The molecule has 1 rings (SSSR count). The van der Waals surface area contributed by atoms with Crippen LogP contribution in [0.15, 0.2) is 0 Å². The van der Waals surface area contributed by atoms with E-state index in [0.717, 1.165) is 6.54 Å². The summed E-state index contributed by atoms with van der Waals surface area (Å²) in [5.74, 6) is 0. The number of hydrogen-bond donors (Lipinski definition) is 1. The van der Waals surface area contributed by atoms with E-state index in [9.17, 15) is 0 Å². The summed E-state index contributed by atoms with van der Waals surface area (Å²) in [6, 6.07) is 0. The minimum atomic E-state index is 0.181. The lowest BCUT2D eigenvalue weighted by Crippen LogP contribution is -2.65. The van der Waals surface area contributed by atoms with Crippen LogP contribution < -0.4 is 5.32 Å². The molecule has 1 aliphatic heterocycles. The second-order valence-electron chi connectivity index (χ2n) is 7.77. The number of unbranched alkanes of at least 4 members (excludes halogenated alkanes) is 7. The molecule has 0 spiro atoms. The fourth-order valence-corrected chi connectivity index (χ4v) is 3.41. The van der Waals surface area contributed by atoms with E-state index in [1.807, 2.05) is 0 Å². The molecule has 1 aliphatic rings. The van der Waals surface area contributed by atoms with E-state index in [0.29, 0.717) is 6.17 Å². The molecule has 1 N–H and O–H groups in total. The molecule has 1 heterocycles. The standard InChI is InChI=1S/C19H41N3/c1-6-7-8-9-10-11-12-13-16-22-17-14-15-20-18(22)19(2,3)21(4)5/h18,20H,6-17H2,1-5H3. The van der Waals surface area contributed by atoms with Crippen molar-refractivity contribution in [2.24, 2.45) is 0 Å². The molecular weight excluding hydrogens is 270 g/mol. The summed E-state index contributed by atoms with van der Waals surface area (Å²) in [7, 11) is 4.40. The van der Waals surface area contributed by atoms with E-state index in [-0.39, 0.29) is 5.54 Å². The maximum Gasteiger partial charge on any atom is 0.0781 e. The van der Waals surface area contributed by atoms with Gasteiger partial charge in [-0.25, -0.2) is 0 Å². The van der Waals surface area contributed by atoms with Crippen molar-refractivity contribution >= 4 is 0 Å². The summed E-state index contributed by atoms with van der Waals surface area (Å²) in [5.41, 5.74) is 0.181. The third kappa shape index (κ3) is 6.55. The van der Waals surface area contributed by atoms with Crippen LogP contribution in [0, 0.1) is 0 Å². The van der Waals surface area contributed by atoms with Crippen LogP contribution in [-0.2, 0) is 0 Å². The van der Waals surface area contributed by atoms with Gasteiger partial charge in [0.05, 0.1) is 6.17 Å². The molecule has 3 nitrogen and oxygen atoms in total. The highest BCUT2D eigenvalue weighted by Crippen LogP contribution is 2.22. The molecule has 0 amide bonds. The first-order valence-corrected chi connectivity index (χ1v) is 9.65. The van der Waals surface area contributed by atoms with E-state index in [1.54, 1.807) is 0 Å². The Morgan fingerprint density at radius 2 is 1.59 bits per heavy atom. The van der Waals surface area contributed by atoms with E-state index in [1.165, 1.54) is 70.9 Å². The van der Waals surface area contributed by atoms with E-state index in [4.69, 9.17) is 0 Å². The van der Waals surface area contributed by atoms with Gasteiger partial charge >= 0.3 is 0 Å². The zero-order valence-corrected chi connectivity index (χ0v) is 16.0. The minimum Gasteiger partial charge on any atom is -0.301 e. The number of nitrogens with one attached hydrogen (secondary N) is 1. The van der Waals surface area contributed by atoms with Crippen molar-refractivity contribution in [3.63, 3.8) is 0 Å². The Labute approximate surface area is 139 Å². The van der Waals surface area contributed by atoms with Gasteiger partial charge in [0.15, 0.2) is 0 Å². The van der Waals surface area contributed by atoms with Crippen LogP contribution in [0.25, 0.3) is 0 Å². The highest BCUT2D eigenvalue weighted by molar-refractivity contribution is 4.93. The minimum absolute atomic E-state index is 0.181. The highest BCUT2D eigenvalue weighted by atomic mass is 15.3. The van der Waals surface area contributed by atoms with Crippen LogP contribution in [-0.4, -0.2) is 55.2 Å². The van der Waals surface area contributed by atoms with Crippen molar-refractivity contribution in [1.29, 1.82) is 0 Å². The quantitative estimate of drug-likeness (QED) is 0.580. The zero-order chi connectivity index (χ0) is 16.4. The summed E-state index contributed by atoms with van der Waals surface area (Å²) < 4.78 is 0. The summed E-state index contributed by atoms with van der Waals surface area (Å²) in [6.45, 7) is 10.7. The molecule has 1 unspecified atom stereocenters. The third-order valence-corrected chi connectivity index (χ3v) is 5.45. The van der Waals surface area contributed by atoms with Crippen molar-refractivity contribution < 1.29 is 0 Å². The van der Waals surface area contributed by atoms with Gasteiger partial charge < -0.3 is 10.2 Å². The van der Waals surface area contributed by atoms with Crippen LogP contribution >= 0.6 is 0 Å². The summed E-state index contributed by atoms with van der Waals surface area (Å²) in [6.07, 6.45) is 13.0. The monoisotopic (exact) mass is 311 g/mol. The Hall–Kier alpha value is -0.120. The summed E-state index contributed by atoms with van der Waals surface area (Å²) in [4.78, 5) is 5.04. The van der Waals surface area contributed by atoms with E-state index < -0.39 is 0 Å². The Kier molecular flexibility index (Phi) is 9.62. The van der Waals surface area contributed by atoms with Crippen molar-refractivity contribution in [3.05, 3.63) is 0 Å². The topological polar surface area (TPSA) is 18.5 Å². The van der Waals surface area contributed by atoms with Gasteiger partial charge in [-0.15, -0.1) is 0 Å². The largest absolute Gasteiger partial charge is 0.301 e. The Morgan fingerprint density at radius 3 is 2.18 bits per heavy atom. The Morgan fingerprint density at radius 1 is 1.00 bits per heavy atom. The predicted molar refractivity (Wildman–Crippen MR) is 98.4 cm³/mol. The van der Waals surface area contributed by atoms with E-state index in [2.05, 4.69) is 50.0 Å². The molecule has 22 heavy (non-hydrogen) atoms. The third-order valence-electron chi connectivity index (χ3n) is 5.45. The molecule has 0 aromatic heterocycles. The molecule has 0 aliphatic carbocycles. The maximum absolute atomic E-state index is 3.75. The average Bonchev–Trinajstić information content (AvgIpc) is 2.50. The molecule has 0 aromatic carbocycles. The molecule has 3 heteroatoms. The lowest BCUT2D eigenvalue weighted by Gasteiger charge is -2.48. The molecule has 0 aromatic rings. The van der Waals surface area contributed by atoms with Crippen LogP contribution in [0.2, 0.25) is 0 Å². The first-order valence-electron chi connectivity index (χ1n) is 9.65. The zero-order valence-electron chi connectivity index (χ0n) is 16.0. The highest BCUT2D eigenvalue weighted by Gasteiger charge is 2.36. The molecular formula is C19H41N3. The normalized spacial score (nSPS) is 20.7. The fourth-order valence-electron chi connectivity index (χ4n) is 3.41. The first-order chi connectivity index (χ1) is 10.5. The molecule has 1 atom stereocenters. The van der Waals surface area contributed by atoms with Crippen molar-refractivity contribution in [2.45, 2.75) is 90.3 Å². The van der Waals surface area contributed by atoms with Crippen molar-refractivity contribution in [2.75, 3.05) is 33.7 Å². The molecule has 132 valence electrons. The van der Waals surface area contributed by atoms with Gasteiger partial charge in [-0.2, -0.15) is 0 Å². The SMILES string of the molecule is CCCCCCCCCCN1CCCNC1C(C)(C)N(C)C. The lowest BCUT2D eigenvalue weighted by atomic mass is 9.95. The van der Waals surface area contributed by atoms with Gasteiger partial charge in [-0.3, -0.25) is 4.90 Å². The molecule has 1 saturated heterocycles. The van der Waals surface area contributed by atoms with Crippen LogP contribution in [0.3, 0.4) is 0 Å². The van der Waals surface area contributed by atoms with Crippen LogP contribution in [0.4, 0.5) is 0 Å². The Balaban J connectivity index is 2.24. The van der Waals surface area contributed by atoms with Gasteiger partial charge in [0.2, 0.25) is 0 Å². The van der Waals surface area contributed by atoms with Gasteiger partial charge in [-0.1, -0.05) is 51.9 Å². The van der Waals surface area contributed by atoms with Crippen molar-refractivity contribution in [1.82, 2.24) is 15.1 Å². The van der Waals surface area contributed by atoms with Crippen LogP contribution in [0.5, 0.6) is 0 Å². The maximum atomic E-state index is 3.75. The Bertz CT molecular complexity index is 276. The lowest BCUT2D eigenvalue weighted by molar-refractivity contribution is 0.00974. The number of rotatable bonds is 11. The van der Waals surface area contributed by atoms with Gasteiger partial charge in [0.25, 0.3) is 0 Å². The first kappa shape index (κ1) is 19.9. The summed E-state index contributed by atoms with van der Waals surface area (Å²) >= 11 is 0. The van der Waals surface area contributed by atoms with Crippen LogP contribution in [0.1, 0.15) is 78.6 Å². The number of hydrogen-bond acceptors (Lipinski definition) is 3. The molecule has 1 fully saturated rings. The number of likely N-dealkylation sites (N-methyl/N-ethyl adjacent to an activating group) is 1. The number of nitrogens with zero attached hydrogens (tertiary/aromatic N) is 2. The van der Waals surface area contributed by atoms with Gasteiger partial charge in [0.1, 0.15) is 0 Å². The summed E-state index contributed by atoms with van der Waals surface area (Å²) in [5, 5.41) is 3.75. The second kappa shape index (κ2) is 10.6. The average molecular weight is 312 g/mol. The smallest absolute Gasteiger partial charge is 0.0781 e. The van der Waals surface area contributed by atoms with Crippen molar-refractivity contribution in [3.8, 4) is 0 Å². The molecule has 0 saturated carbocycles. The second-order valence-corrected chi connectivity index (χ2v) is 7.77. The van der Waals surface area contributed by atoms with Gasteiger partial charge in [-0.05, 0) is 53.9 Å².